The highest BCUT2D eigenvalue weighted by Crippen LogP contribution is 2.61. The molecule has 8 nitrogen and oxygen atoms in total. The number of phenolic OH excluding ortho intramolecular Hbond substituents is 1. The molecule has 3 aliphatic carbocycles. The van der Waals surface area contributed by atoms with Gasteiger partial charge in [-0.2, -0.15) is 0 Å². The predicted molar refractivity (Wildman–Crippen MR) is 91.0 cm³/mol. The highest BCUT2D eigenvalue weighted by molar-refractivity contribution is 5.87. The summed E-state index contributed by atoms with van der Waals surface area (Å²) < 4.78 is 0. The van der Waals surface area contributed by atoms with Crippen molar-refractivity contribution in [2.45, 2.75) is 51.4 Å². The molecule has 8 heteroatoms. The number of benzene rings is 1. The fourth-order valence-electron chi connectivity index (χ4n) is 5.79. The number of carbonyl (C=O) groups excluding carboxylic acids is 1. The highest BCUT2D eigenvalue weighted by Gasteiger charge is 2.55. The molecule has 1 N–H and O–H groups in total. The third kappa shape index (κ3) is 2.10. The first-order valence-electron chi connectivity index (χ1n) is 8.96. The van der Waals surface area contributed by atoms with Gasteiger partial charge in [-0.05, 0) is 55.4 Å². The third-order valence-electron chi connectivity index (χ3n) is 7.05. The summed E-state index contributed by atoms with van der Waals surface area (Å²) in [4.78, 5) is 33.7. The topological polar surface area (TPSA) is 124 Å². The number of hydrogen-bond acceptors (Lipinski definition) is 6. The van der Waals surface area contributed by atoms with E-state index in [1.54, 1.807) is 0 Å². The molecule has 0 aromatic heterocycles. The Morgan fingerprint density at radius 1 is 1.15 bits per heavy atom. The van der Waals surface area contributed by atoms with E-state index in [2.05, 4.69) is 0 Å². The molecule has 0 radical (unpaired) electrons. The van der Waals surface area contributed by atoms with Crippen LogP contribution in [0, 0.1) is 37.5 Å². The summed E-state index contributed by atoms with van der Waals surface area (Å²) in [7, 11) is 0. The average Bonchev–Trinajstić information content (AvgIpc) is 2.88. The fraction of sp³-hybridized carbons (Fsp3) is 0.611. The van der Waals surface area contributed by atoms with Crippen molar-refractivity contribution in [2.75, 3.05) is 0 Å². The lowest BCUT2D eigenvalue weighted by Crippen LogP contribution is -2.42. The lowest BCUT2D eigenvalue weighted by Gasteiger charge is -2.48. The van der Waals surface area contributed by atoms with Crippen LogP contribution in [0.1, 0.15) is 56.1 Å². The van der Waals surface area contributed by atoms with Crippen molar-refractivity contribution in [3.05, 3.63) is 37.4 Å². The fourth-order valence-corrected chi connectivity index (χ4v) is 5.79. The van der Waals surface area contributed by atoms with Gasteiger partial charge in [0.05, 0.1) is 9.85 Å². The number of ketones is 1. The van der Waals surface area contributed by atoms with Crippen molar-refractivity contribution in [1.29, 1.82) is 0 Å². The monoisotopic (exact) mass is 360 g/mol. The summed E-state index contributed by atoms with van der Waals surface area (Å²) in [5.74, 6) is -0.144. The summed E-state index contributed by atoms with van der Waals surface area (Å²) in [6, 6.07) is 1.33. The third-order valence-corrected chi connectivity index (χ3v) is 7.05. The van der Waals surface area contributed by atoms with Crippen molar-refractivity contribution in [3.8, 4) is 5.75 Å². The second-order valence-electron chi connectivity index (χ2n) is 8.01. The molecule has 1 aromatic rings. The summed E-state index contributed by atoms with van der Waals surface area (Å²) in [5.41, 5.74) is -0.408. The van der Waals surface area contributed by atoms with Crippen LogP contribution in [0.2, 0.25) is 0 Å². The predicted octanol–water partition coefficient (Wildman–Crippen LogP) is 3.63. The Hall–Kier alpha value is -2.51. The number of Topliss-reactive ketones (excluding diaryl/α,β-unsaturated/α-hetero) is 1. The maximum atomic E-state index is 12.4. The highest BCUT2D eigenvalue weighted by atomic mass is 16.6. The molecule has 0 heterocycles. The van der Waals surface area contributed by atoms with Crippen LogP contribution in [0.3, 0.4) is 0 Å². The molecule has 138 valence electrons. The summed E-state index contributed by atoms with van der Waals surface area (Å²) in [5, 5.41) is 32.9. The van der Waals surface area contributed by atoms with Crippen molar-refractivity contribution < 1.29 is 19.7 Å². The van der Waals surface area contributed by atoms with Crippen LogP contribution in [0.4, 0.5) is 11.4 Å². The lowest BCUT2D eigenvalue weighted by molar-refractivity contribution is -0.396. The maximum absolute atomic E-state index is 12.4. The van der Waals surface area contributed by atoms with Gasteiger partial charge in [0.1, 0.15) is 5.78 Å². The molecule has 2 saturated carbocycles. The van der Waals surface area contributed by atoms with E-state index in [9.17, 15) is 30.1 Å². The molecule has 4 rings (SSSR count). The minimum atomic E-state index is -0.853. The molecule has 0 saturated heterocycles. The molecule has 26 heavy (non-hydrogen) atoms. The molecule has 0 aliphatic heterocycles. The van der Waals surface area contributed by atoms with Crippen molar-refractivity contribution in [2.24, 2.45) is 17.3 Å². The van der Waals surface area contributed by atoms with E-state index in [1.807, 2.05) is 6.92 Å². The first-order chi connectivity index (χ1) is 12.3. The van der Waals surface area contributed by atoms with Crippen molar-refractivity contribution in [3.63, 3.8) is 0 Å². The summed E-state index contributed by atoms with van der Waals surface area (Å²) in [6.07, 6.45) is 3.92. The number of aromatic hydroxyl groups is 1. The van der Waals surface area contributed by atoms with Crippen molar-refractivity contribution >= 4 is 17.2 Å². The van der Waals surface area contributed by atoms with Gasteiger partial charge in [-0.15, -0.1) is 0 Å². The van der Waals surface area contributed by atoms with Crippen molar-refractivity contribution in [1.82, 2.24) is 0 Å². The van der Waals surface area contributed by atoms with Gasteiger partial charge in [0.15, 0.2) is 0 Å². The van der Waals surface area contributed by atoms with E-state index in [1.165, 1.54) is 6.07 Å². The minimum Gasteiger partial charge on any atom is -0.497 e. The van der Waals surface area contributed by atoms with Gasteiger partial charge in [0, 0.05) is 23.5 Å². The van der Waals surface area contributed by atoms with E-state index >= 15 is 0 Å². The smallest absolute Gasteiger partial charge is 0.321 e. The Labute approximate surface area is 149 Å². The Balaban J connectivity index is 1.85. The molecule has 0 unspecified atom stereocenters. The number of rotatable bonds is 2. The quantitative estimate of drug-likeness (QED) is 0.634. The zero-order chi connectivity index (χ0) is 18.8. The van der Waals surface area contributed by atoms with Crippen LogP contribution in [0.25, 0.3) is 0 Å². The number of nitrogens with zero attached hydrogens (tertiary/aromatic N) is 2. The SMILES string of the molecule is C[C@@]12CC[C@@H]3c4cc([N+](=O)[O-])c(O)c([N+](=O)[O-])c4CC[C@H]3[C@@H]1CCC2=O. The molecule has 2 fully saturated rings. The number of nitro benzene ring substituents is 2. The minimum absolute atomic E-state index is 0.0271. The number of nitro groups is 2. The Morgan fingerprint density at radius 3 is 2.54 bits per heavy atom. The van der Waals surface area contributed by atoms with Crippen LogP contribution in [-0.2, 0) is 11.2 Å². The van der Waals surface area contributed by atoms with Crippen LogP contribution in [0.5, 0.6) is 5.75 Å². The standard InChI is InChI=1S/C18H20N2O6/c1-18-7-6-9-10(13(18)4-5-15(18)21)2-3-11-12(9)8-14(19(23)24)17(22)16(11)20(25)26/h8-10,13,22H,2-7H2,1H3/t9-,10+,13-,18+/m0/s1. The average molecular weight is 360 g/mol. The van der Waals surface area contributed by atoms with Crippen LogP contribution in [0.15, 0.2) is 6.07 Å². The van der Waals surface area contributed by atoms with Gasteiger partial charge in [0.2, 0.25) is 0 Å². The molecule has 0 amide bonds. The van der Waals surface area contributed by atoms with E-state index in [-0.39, 0.29) is 23.2 Å². The van der Waals surface area contributed by atoms with E-state index < -0.39 is 27.0 Å². The second-order valence-corrected chi connectivity index (χ2v) is 8.01. The molecule has 4 atom stereocenters. The van der Waals surface area contributed by atoms with E-state index in [4.69, 9.17) is 0 Å². The largest absolute Gasteiger partial charge is 0.497 e. The van der Waals surface area contributed by atoms with Gasteiger partial charge >= 0.3 is 11.4 Å². The first-order valence-corrected chi connectivity index (χ1v) is 8.96. The molecule has 3 aliphatic rings. The van der Waals surface area contributed by atoms with Gasteiger partial charge in [0.25, 0.3) is 5.75 Å². The van der Waals surface area contributed by atoms with Crippen LogP contribution < -0.4 is 0 Å². The molecule has 0 bridgehead atoms. The van der Waals surface area contributed by atoms with Gasteiger partial charge in [-0.1, -0.05) is 6.92 Å². The normalized spacial score (nSPS) is 32.5. The van der Waals surface area contributed by atoms with Gasteiger partial charge in [-0.3, -0.25) is 25.0 Å². The van der Waals surface area contributed by atoms with E-state index in [0.717, 1.165) is 6.42 Å². The van der Waals surface area contributed by atoms with Gasteiger partial charge < -0.3 is 5.11 Å². The first kappa shape index (κ1) is 16.9. The summed E-state index contributed by atoms with van der Waals surface area (Å²) in [6.45, 7) is 2.03. The Kier molecular flexibility index (Phi) is 3.58. The molecule has 1 aromatic carbocycles. The second kappa shape index (κ2) is 5.49. The van der Waals surface area contributed by atoms with E-state index in [0.29, 0.717) is 49.0 Å². The number of fused-ring (bicyclic) bond motifs is 5. The molecule has 0 spiro atoms. The lowest BCUT2D eigenvalue weighted by atomic mass is 9.55. The Morgan fingerprint density at radius 2 is 1.88 bits per heavy atom. The number of hydrogen-bond donors (Lipinski definition) is 1. The zero-order valence-electron chi connectivity index (χ0n) is 14.4. The Bertz CT molecular complexity index is 851. The molecular formula is C18H20N2O6. The summed E-state index contributed by atoms with van der Waals surface area (Å²) >= 11 is 0. The number of phenols is 1. The van der Waals surface area contributed by atoms with Gasteiger partial charge in [-0.25, -0.2) is 0 Å². The maximum Gasteiger partial charge on any atom is 0.321 e. The van der Waals surface area contributed by atoms with Crippen LogP contribution >= 0.6 is 0 Å². The number of carbonyl (C=O) groups is 1. The molecular weight excluding hydrogens is 340 g/mol. The zero-order valence-corrected chi connectivity index (χ0v) is 14.4. The van der Waals surface area contributed by atoms with Crippen LogP contribution in [-0.4, -0.2) is 20.7 Å².